The first kappa shape index (κ1) is 13.8. The molecule has 0 bridgehead atoms. The van der Waals surface area contributed by atoms with Crippen molar-refractivity contribution >= 4 is 0 Å². The number of nitrogens with zero attached hydrogens (tertiary/aromatic N) is 1. The van der Waals surface area contributed by atoms with Gasteiger partial charge in [0.1, 0.15) is 5.82 Å². The number of methoxy groups -OCH3 is 1. The van der Waals surface area contributed by atoms with E-state index in [9.17, 15) is 0 Å². The Hall–Kier alpha value is -1.65. The molecule has 1 aromatic carbocycles. The predicted molar refractivity (Wildman–Crippen MR) is 77.1 cm³/mol. The fourth-order valence-electron chi connectivity index (χ4n) is 1.98. The third kappa shape index (κ3) is 3.66. The zero-order chi connectivity index (χ0) is 13.7. The van der Waals surface area contributed by atoms with Crippen LogP contribution in [-0.4, -0.2) is 30.2 Å². The molecule has 4 nitrogen and oxygen atoms in total. The van der Waals surface area contributed by atoms with Gasteiger partial charge in [-0.15, -0.1) is 0 Å². The number of aromatic nitrogens is 2. The first-order valence-electron chi connectivity index (χ1n) is 6.53. The minimum atomic E-state index is 0.713. The van der Waals surface area contributed by atoms with Crippen molar-refractivity contribution in [1.82, 2.24) is 15.3 Å². The fraction of sp³-hybridized carbons (Fsp3) is 0.400. The number of aromatic amines is 1. The zero-order valence-electron chi connectivity index (χ0n) is 11.8. The fourth-order valence-corrected chi connectivity index (χ4v) is 1.98. The molecule has 1 heterocycles. The van der Waals surface area contributed by atoms with E-state index < -0.39 is 0 Å². The molecule has 0 amide bonds. The predicted octanol–water partition coefficient (Wildman–Crippen LogP) is 2.43. The standard InChI is InChI=1S/C15H21N3O/c1-11-4-6-13(7-5-11)15-12(2)17-14(18-15)10-16-8-9-19-3/h4-7,16H,8-10H2,1-3H3,(H,17,18). The lowest BCUT2D eigenvalue weighted by Crippen LogP contribution is -2.19. The number of hydrogen-bond donors (Lipinski definition) is 2. The maximum atomic E-state index is 5.00. The summed E-state index contributed by atoms with van der Waals surface area (Å²) in [6, 6.07) is 8.45. The SMILES string of the molecule is COCCNCc1nc(-c2ccc(C)cc2)c(C)[nH]1. The highest BCUT2D eigenvalue weighted by atomic mass is 16.5. The van der Waals surface area contributed by atoms with E-state index in [4.69, 9.17) is 4.74 Å². The summed E-state index contributed by atoms with van der Waals surface area (Å²) in [5.74, 6) is 0.962. The van der Waals surface area contributed by atoms with Gasteiger partial charge in [0.25, 0.3) is 0 Å². The molecule has 0 unspecified atom stereocenters. The van der Waals surface area contributed by atoms with Crippen LogP contribution in [0.1, 0.15) is 17.1 Å². The van der Waals surface area contributed by atoms with Gasteiger partial charge in [0.15, 0.2) is 0 Å². The molecular weight excluding hydrogens is 238 g/mol. The van der Waals surface area contributed by atoms with Crippen LogP contribution in [0.5, 0.6) is 0 Å². The second-order valence-electron chi connectivity index (χ2n) is 4.69. The summed E-state index contributed by atoms with van der Waals surface area (Å²) in [5, 5.41) is 3.28. The Balaban J connectivity index is 2.06. The van der Waals surface area contributed by atoms with Crippen LogP contribution in [0, 0.1) is 13.8 Å². The molecule has 4 heteroatoms. The van der Waals surface area contributed by atoms with Gasteiger partial charge in [0.05, 0.1) is 18.8 Å². The van der Waals surface area contributed by atoms with Gasteiger partial charge < -0.3 is 15.0 Å². The highest BCUT2D eigenvalue weighted by molar-refractivity contribution is 5.62. The molecule has 1 aromatic heterocycles. The Morgan fingerprint density at radius 3 is 2.63 bits per heavy atom. The molecule has 102 valence electrons. The summed E-state index contributed by atoms with van der Waals surface area (Å²) in [6.07, 6.45) is 0. The van der Waals surface area contributed by atoms with Gasteiger partial charge in [0.2, 0.25) is 0 Å². The number of imidazole rings is 1. The van der Waals surface area contributed by atoms with Crippen molar-refractivity contribution in [1.29, 1.82) is 0 Å². The van der Waals surface area contributed by atoms with Crippen LogP contribution in [0.25, 0.3) is 11.3 Å². The molecule has 0 aliphatic rings. The van der Waals surface area contributed by atoms with E-state index in [0.717, 1.165) is 35.9 Å². The van der Waals surface area contributed by atoms with Crippen LogP contribution in [-0.2, 0) is 11.3 Å². The lowest BCUT2D eigenvalue weighted by atomic mass is 10.1. The van der Waals surface area contributed by atoms with E-state index in [1.165, 1.54) is 5.56 Å². The maximum absolute atomic E-state index is 5.00. The Bertz CT molecular complexity index is 517. The normalized spacial score (nSPS) is 10.9. The molecule has 0 aliphatic carbocycles. The number of H-pyrrole nitrogens is 1. The highest BCUT2D eigenvalue weighted by Gasteiger charge is 2.08. The third-order valence-electron chi connectivity index (χ3n) is 3.03. The van der Waals surface area contributed by atoms with Crippen LogP contribution >= 0.6 is 0 Å². The van der Waals surface area contributed by atoms with Gasteiger partial charge in [-0.25, -0.2) is 4.98 Å². The summed E-state index contributed by atoms with van der Waals surface area (Å²) >= 11 is 0. The number of ether oxygens (including phenoxy) is 1. The molecule has 0 spiro atoms. The van der Waals surface area contributed by atoms with E-state index in [-0.39, 0.29) is 0 Å². The van der Waals surface area contributed by atoms with Gasteiger partial charge in [-0.05, 0) is 13.8 Å². The van der Waals surface area contributed by atoms with Gasteiger partial charge in [0, 0.05) is 24.9 Å². The Morgan fingerprint density at radius 1 is 1.21 bits per heavy atom. The van der Waals surface area contributed by atoms with Crippen molar-refractivity contribution in [3.63, 3.8) is 0 Å². The molecule has 0 atom stereocenters. The summed E-state index contributed by atoms with van der Waals surface area (Å²) in [4.78, 5) is 7.97. The van der Waals surface area contributed by atoms with Crippen molar-refractivity contribution in [3.8, 4) is 11.3 Å². The van der Waals surface area contributed by atoms with Crippen molar-refractivity contribution in [3.05, 3.63) is 41.3 Å². The van der Waals surface area contributed by atoms with Crippen LogP contribution in [0.15, 0.2) is 24.3 Å². The maximum Gasteiger partial charge on any atom is 0.121 e. The van der Waals surface area contributed by atoms with E-state index in [1.54, 1.807) is 7.11 Å². The second-order valence-corrected chi connectivity index (χ2v) is 4.69. The largest absolute Gasteiger partial charge is 0.383 e. The van der Waals surface area contributed by atoms with Crippen LogP contribution in [0.4, 0.5) is 0 Å². The van der Waals surface area contributed by atoms with Gasteiger partial charge >= 0.3 is 0 Å². The number of hydrogen-bond acceptors (Lipinski definition) is 3. The molecule has 0 aliphatic heterocycles. The lowest BCUT2D eigenvalue weighted by molar-refractivity contribution is 0.199. The average Bonchev–Trinajstić information content (AvgIpc) is 2.77. The molecule has 19 heavy (non-hydrogen) atoms. The second kappa shape index (κ2) is 6.50. The molecular formula is C15H21N3O. The molecule has 0 saturated heterocycles. The first-order valence-corrected chi connectivity index (χ1v) is 6.53. The van der Waals surface area contributed by atoms with E-state index in [2.05, 4.69) is 53.4 Å². The quantitative estimate of drug-likeness (QED) is 0.783. The first-order chi connectivity index (χ1) is 9.20. The number of aryl methyl sites for hydroxylation is 2. The van der Waals surface area contributed by atoms with Gasteiger partial charge in [-0.3, -0.25) is 0 Å². The molecule has 0 saturated carbocycles. The summed E-state index contributed by atoms with van der Waals surface area (Å²) in [7, 11) is 1.70. The van der Waals surface area contributed by atoms with Crippen molar-refractivity contribution in [2.75, 3.05) is 20.3 Å². The zero-order valence-corrected chi connectivity index (χ0v) is 11.8. The monoisotopic (exact) mass is 259 g/mol. The smallest absolute Gasteiger partial charge is 0.121 e. The van der Waals surface area contributed by atoms with E-state index in [1.807, 2.05) is 0 Å². The van der Waals surface area contributed by atoms with Gasteiger partial charge in [-0.1, -0.05) is 29.8 Å². The van der Waals surface area contributed by atoms with Crippen LogP contribution in [0.3, 0.4) is 0 Å². The molecule has 2 aromatic rings. The van der Waals surface area contributed by atoms with Crippen molar-refractivity contribution in [2.45, 2.75) is 20.4 Å². The minimum Gasteiger partial charge on any atom is -0.383 e. The number of rotatable bonds is 6. The average molecular weight is 259 g/mol. The topological polar surface area (TPSA) is 49.9 Å². The Kier molecular flexibility index (Phi) is 4.71. The third-order valence-corrected chi connectivity index (χ3v) is 3.03. The summed E-state index contributed by atoms with van der Waals surface area (Å²) in [6.45, 7) is 6.42. The lowest BCUT2D eigenvalue weighted by Gasteiger charge is -2.00. The molecule has 2 N–H and O–H groups in total. The Labute approximate surface area is 114 Å². The minimum absolute atomic E-state index is 0.713. The van der Waals surface area contributed by atoms with E-state index >= 15 is 0 Å². The van der Waals surface area contributed by atoms with Crippen LogP contribution < -0.4 is 5.32 Å². The number of benzene rings is 1. The van der Waals surface area contributed by atoms with Crippen molar-refractivity contribution < 1.29 is 4.74 Å². The molecule has 0 radical (unpaired) electrons. The highest BCUT2D eigenvalue weighted by Crippen LogP contribution is 2.21. The summed E-state index contributed by atoms with van der Waals surface area (Å²) in [5.41, 5.74) is 4.55. The Morgan fingerprint density at radius 2 is 1.95 bits per heavy atom. The molecule has 2 rings (SSSR count). The summed E-state index contributed by atoms with van der Waals surface area (Å²) < 4.78 is 5.00. The van der Waals surface area contributed by atoms with Gasteiger partial charge in [-0.2, -0.15) is 0 Å². The van der Waals surface area contributed by atoms with E-state index in [0.29, 0.717) is 6.61 Å². The van der Waals surface area contributed by atoms with Crippen LogP contribution in [0.2, 0.25) is 0 Å². The number of nitrogens with one attached hydrogen (secondary N) is 2. The van der Waals surface area contributed by atoms with Crippen molar-refractivity contribution in [2.24, 2.45) is 0 Å². The molecule has 0 fully saturated rings.